The molecule has 2 heterocycles. The minimum absolute atomic E-state index is 0.641. The first kappa shape index (κ1) is 14.0. The zero-order valence-electron chi connectivity index (χ0n) is 11.2. The fraction of sp³-hybridized carbons (Fsp3) is 0.643. The van der Waals surface area contributed by atoms with Crippen molar-refractivity contribution in [3.05, 3.63) is 28.5 Å². The highest BCUT2D eigenvalue weighted by molar-refractivity contribution is 9.10. The Morgan fingerprint density at radius 3 is 3.11 bits per heavy atom. The number of pyridine rings is 1. The lowest BCUT2D eigenvalue weighted by Crippen LogP contribution is -2.53. The Morgan fingerprint density at radius 2 is 2.39 bits per heavy atom. The van der Waals surface area contributed by atoms with Crippen molar-refractivity contribution in [1.82, 2.24) is 15.2 Å². The summed E-state index contributed by atoms with van der Waals surface area (Å²) in [7, 11) is 0. The van der Waals surface area contributed by atoms with Gasteiger partial charge in [0, 0.05) is 49.1 Å². The van der Waals surface area contributed by atoms with Crippen molar-refractivity contribution in [3.8, 4) is 0 Å². The Hall–Kier alpha value is -0.450. The van der Waals surface area contributed by atoms with E-state index in [4.69, 9.17) is 0 Å². The average Bonchev–Trinajstić information content (AvgIpc) is 2.38. The molecule has 4 heteroatoms. The van der Waals surface area contributed by atoms with Gasteiger partial charge in [-0.05, 0) is 33.5 Å². The number of hydrogen-bond donors (Lipinski definition) is 1. The van der Waals surface area contributed by atoms with Crippen LogP contribution in [0.5, 0.6) is 0 Å². The highest BCUT2D eigenvalue weighted by Crippen LogP contribution is 2.19. The van der Waals surface area contributed by atoms with Crippen LogP contribution in [0.15, 0.2) is 22.9 Å². The Morgan fingerprint density at radius 1 is 1.56 bits per heavy atom. The van der Waals surface area contributed by atoms with E-state index >= 15 is 0 Å². The summed E-state index contributed by atoms with van der Waals surface area (Å²) in [6, 6.07) is 2.81. The molecule has 0 bridgehead atoms. The van der Waals surface area contributed by atoms with Gasteiger partial charge in [-0.3, -0.25) is 9.88 Å². The fourth-order valence-corrected chi connectivity index (χ4v) is 2.99. The first-order valence-electron chi connectivity index (χ1n) is 6.75. The molecule has 1 N–H and O–H groups in total. The number of nitrogens with one attached hydrogen (secondary N) is 1. The third kappa shape index (κ3) is 3.53. The molecule has 3 nitrogen and oxygen atoms in total. The van der Waals surface area contributed by atoms with E-state index < -0.39 is 0 Å². The van der Waals surface area contributed by atoms with Gasteiger partial charge in [0.25, 0.3) is 0 Å². The van der Waals surface area contributed by atoms with E-state index in [0.717, 1.165) is 36.6 Å². The van der Waals surface area contributed by atoms with Crippen LogP contribution in [0.2, 0.25) is 0 Å². The van der Waals surface area contributed by atoms with Gasteiger partial charge in [-0.25, -0.2) is 0 Å². The highest BCUT2D eigenvalue weighted by Gasteiger charge is 2.26. The molecule has 1 aromatic rings. The lowest BCUT2D eigenvalue weighted by molar-refractivity contribution is 0.109. The maximum atomic E-state index is 4.25. The lowest BCUT2D eigenvalue weighted by Gasteiger charge is -2.39. The van der Waals surface area contributed by atoms with Crippen molar-refractivity contribution in [3.63, 3.8) is 0 Å². The summed E-state index contributed by atoms with van der Waals surface area (Å²) in [6.07, 6.45) is 5.05. The van der Waals surface area contributed by atoms with Gasteiger partial charge in [0.05, 0.1) is 0 Å². The lowest BCUT2D eigenvalue weighted by atomic mass is 9.95. The zero-order valence-corrected chi connectivity index (χ0v) is 12.8. The Balaban J connectivity index is 2.05. The third-order valence-corrected chi connectivity index (χ3v) is 4.28. The SMILES string of the molecule is CCC(C)C1CNCCN1Cc1cncc(Br)c1. The van der Waals surface area contributed by atoms with Gasteiger partial charge in [0.15, 0.2) is 0 Å². The van der Waals surface area contributed by atoms with E-state index in [-0.39, 0.29) is 0 Å². The maximum Gasteiger partial charge on any atom is 0.0410 e. The molecule has 2 rings (SSSR count). The normalized spacial score (nSPS) is 22.9. The Bertz CT molecular complexity index is 383. The molecule has 0 spiro atoms. The summed E-state index contributed by atoms with van der Waals surface area (Å²) in [6.45, 7) is 8.96. The van der Waals surface area contributed by atoms with Gasteiger partial charge < -0.3 is 5.32 Å². The predicted molar refractivity (Wildman–Crippen MR) is 78.5 cm³/mol. The van der Waals surface area contributed by atoms with Crippen molar-refractivity contribution < 1.29 is 0 Å². The van der Waals surface area contributed by atoms with Crippen molar-refractivity contribution in [2.24, 2.45) is 5.92 Å². The molecular formula is C14H22BrN3. The third-order valence-electron chi connectivity index (χ3n) is 3.85. The topological polar surface area (TPSA) is 28.2 Å². The smallest absolute Gasteiger partial charge is 0.0410 e. The van der Waals surface area contributed by atoms with Gasteiger partial charge in [-0.15, -0.1) is 0 Å². The van der Waals surface area contributed by atoms with Gasteiger partial charge in [0.1, 0.15) is 0 Å². The van der Waals surface area contributed by atoms with Crippen molar-refractivity contribution in [2.75, 3.05) is 19.6 Å². The van der Waals surface area contributed by atoms with Crippen LogP contribution in [0.1, 0.15) is 25.8 Å². The highest BCUT2D eigenvalue weighted by atomic mass is 79.9. The molecule has 2 unspecified atom stereocenters. The van der Waals surface area contributed by atoms with Crippen molar-refractivity contribution in [2.45, 2.75) is 32.9 Å². The van der Waals surface area contributed by atoms with Crippen molar-refractivity contribution in [1.29, 1.82) is 0 Å². The second-order valence-electron chi connectivity index (χ2n) is 5.14. The number of nitrogens with zero attached hydrogens (tertiary/aromatic N) is 2. The maximum absolute atomic E-state index is 4.25. The Kier molecular flexibility index (Phi) is 5.15. The summed E-state index contributed by atoms with van der Waals surface area (Å²) in [5, 5.41) is 3.51. The molecule has 0 radical (unpaired) electrons. The molecule has 0 aliphatic carbocycles. The van der Waals surface area contributed by atoms with Gasteiger partial charge in [-0.2, -0.15) is 0 Å². The summed E-state index contributed by atoms with van der Waals surface area (Å²) >= 11 is 3.49. The van der Waals surface area contributed by atoms with E-state index in [1.165, 1.54) is 12.0 Å². The number of piperazine rings is 1. The summed E-state index contributed by atoms with van der Waals surface area (Å²) in [5.74, 6) is 0.734. The van der Waals surface area contributed by atoms with Crippen LogP contribution in [-0.4, -0.2) is 35.6 Å². The van der Waals surface area contributed by atoms with E-state index in [1.54, 1.807) is 0 Å². The van der Waals surface area contributed by atoms with Gasteiger partial charge in [0.2, 0.25) is 0 Å². The molecule has 2 atom stereocenters. The van der Waals surface area contributed by atoms with E-state index in [9.17, 15) is 0 Å². The molecule has 18 heavy (non-hydrogen) atoms. The fourth-order valence-electron chi connectivity index (χ4n) is 2.57. The van der Waals surface area contributed by atoms with Crippen LogP contribution in [0.3, 0.4) is 0 Å². The van der Waals surface area contributed by atoms with Crippen LogP contribution >= 0.6 is 15.9 Å². The van der Waals surface area contributed by atoms with Crippen LogP contribution in [-0.2, 0) is 6.54 Å². The van der Waals surface area contributed by atoms with Crippen LogP contribution in [0.4, 0.5) is 0 Å². The largest absolute Gasteiger partial charge is 0.314 e. The second-order valence-corrected chi connectivity index (χ2v) is 6.05. The molecule has 1 aliphatic rings. The number of rotatable bonds is 4. The molecule has 100 valence electrons. The Labute approximate surface area is 118 Å². The summed E-state index contributed by atoms with van der Waals surface area (Å²) < 4.78 is 1.07. The summed E-state index contributed by atoms with van der Waals surface area (Å²) in [5.41, 5.74) is 1.29. The second kappa shape index (κ2) is 6.64. The molecular weight excluding hydrogens is 290 g/mol. The molecule has 1 aliphatic heterocycles. The van der Waals surface area contributed by atoms with Crippen LogP contribution in [0, 0.1) is 5.92 Å². The first-order chi connectivity index (χ1) is 8.70. The minimum Gasteiger partial charge on any atom is -0.314 e. The van der Waals surface area contributed by atoms with E-state index in [0.29, 0.717) is 6.04 Å². The van der Waals surface area contributed by atoms with E-state index in [1.807, 2.05) is 12.4 Å². The van der Waals surface area contributed by atoms with Crippen molar-refractivity contribution >= 4 is 15.9 Å². The number of aromatic nitrogens is 1. The molecule has 0 saturated carbocycles. The van der Waals surface area contributed by atoms with Crippen LogP contribution < -0.4 is 5.32 Å². The number of hydrogen-bond acceptors (Lipinski definition) is 3. The average molecular weight is 312 g/mol. The standard InChI is InChI=1S/C14H22BrN3/c1-3-11(2)14-9-16-4-5-18(14)10-12-6-13(15)8-17-7-12/h6-8,11,14,16H,3-5,9-10H2,1-2H3. The molecule has 1 saturated heterocycles. The predicted octanol–water partition coefficient (Wildman–Crippen LogP) is 2.66. The molecule has 1 aromatic heterocycles. The van der Waals surface area contributed by atoms with Crippen LogP contribution in [0.25, 0.3) is 0 Å². The molecule has 0 amide bonds. The van der Waals surface area contributed by atoms with Gasteiger partial charge in [-0.1, -0.05) is 20.3 Å². The minimum atomic E-state index is 0.641. The zero-order chi connectivity index (χ0) is 13.0. The molecule has 1 fully saturated rings. The van der Waals surface area contributed by atoms with Gasteiger partial charge >= 0.3 is 0 Å². The first-order valence-corrected chi connectivity index (χ1v) is 7.54. The summed E-state index contributed by atoms with van der Waals surface area (Å²) in [4.78, 5) is 6.84. The quantitative estimate of drug-likeness (QED) is 0.926. The monoisotopic (exact) mass is 311 g/mol. The molecule has 0 aromatic carbocycles. The van der Waals surface area contributed by atoms with E-state index in [2.05, 4.69) is 51.0 Å². The number of halogens is 1.